The third-order valence-electron chi connectivity index (χ3n) is 4.58. The summed E-state index contributed by atoms with van der Waals surface area (Å²) in [6.07, 6.45) is 9.59. The van der Waals surface area contributed by atoms with Crippen LogP contribution in [0.15, 0.2) is 18.5 Å². The van der Waals surface area contributed by atoms with Crippen LogP contribution >= 0.6 is 11.3 Å². The monoisotopic (exact) mass is 301 g/mol. The number of aromatic nitrogens is 2. The average Bonchev–Trinajstić information content (AvgIpc) is 3.20. The molecule has 21 heavy (non-hydrogen) atoms. The number of rotatable bonds is 2. The van der Waals surface area contributed by atoms with E-state index in [1.165, 1.54) is 16.9 Å². The Bertz CT molecular complexity index is 666. The van der Waals surface area contributed by atoms with Gasteiger partial charge in [0.05, 0.1) is 17.1 Å². The van der Waals surface area contributed by atoms with Crippen molar-refractivity contribution in [2.24, 2.45) is 7.05 Å². The molecule has 2 aromatic heterocycles. The molecule has 0 radical (unpaired) electrons. The minimum atomic E-state index is 0.197. The molecule has 0 bridgehead atoms. The van der Waals surface area contributed by atoms with Crippen LogP contribution in [0.4, 0.5) is 0 Å². The lowest BCUT2D eigenvalue weighted by atomic mass is 10.1. The van der Waals surface area contributed by atoms with E-state index in [2.05, 4.69) is 11.2 Å². The summed E-state index contributed by atoms with van der Waals surface area (Å²) in [4.78, 5) is 17.2. The summed E-state index contributed by atoms with van der Waals surface area (Å²) in [5.74, 6) is 0.209. The fourth-order valence-electron chi connectivity index (χ4n) is 3.54. The SMILES string of the molecule is Cn1cc([C@@H]2CCCN2C(=O)c2cc3c(s2)CCC3)cn1. The molecule has 1 amide bonds. The summed E-state index contributed by atoms with van der Waals surface area (Å²) in [6, 6.07) is 2.33. The van der Waals surface area contributed by atoms with Gasteiger partial charge in [0.2, 0.25) is 0 Å². The largest absolute Gasteiger partial charge is 0.331 e. The number of likely N-dealkylation sites (tertiary alicyclic amines) is 1. The van der Waals surface area contributed by atoms with E-state index >= 15 is 0 Å². The molecule has 0 aromatic carbocycles. The smallest absolute Gasteiger partial charge is 0.264 e. The van der Waals surface area contributed by atoms with Crippen LogP contribution in [0, 0.1) is 0 Å². The Morgan fingerprint density at radius 1 is 1.38 bits per heavy atom. The molecule has 1 fully saturated rings. The van der Waals surface area contributed by atoms with Crippen molar-refractivity contribution in [1.29, 1.82) is 0 Å². The molecule has 0 saturated carbocycles. The van der Waals surface area contributed by atoms with Crippen LogP contribution in [-0.4, -0.2) is 27.1 Å². The highest BCUT2D eigenvalue weighted by Gasteiger charge is 2.32. The first-order valence-corrected chi connectivity index (χ1v) is 8.45. The molecule has 1 aliphatic heterocycles. The molecule has 1 aliphatic carbocycles. The van der Waals surface area contributed by atoms with E-state index in [1.807, 2.05) is 29.0 Å². The Morgan fingerprint density at radius 3 is 3.05 bits per heavy atom. The molecular weight excluding hydrogens is 282 g/mol. The molecule has 5 heteroatoms. The van der Waals surface area contributed by atoms with Gasteiger partial charge >= 0.3 is 0 Å². The standard InChI is InChI=1S/C16H19N3OS/c1-18-10-12(9-17-18)13-5-3-7-19(13)16(20)15-8-11-4-2-6-14(11)21-15/h8-10,13H,2-7H2,1H3/t13-/m0/s1. The summed E-state index contributed by atoms with van der Waals surface area (Å²) in [5, 5.41) is 4.25. The topological polar surface area (TPSA) is 38.1 Å². The van der Waals surface area contributed by atoms with Crippen molar-refractivity contribution in [3.63, 3.8) is 0 Å². The second-order valence-electron chi connectivity index (χ2n) is 6.02. The van der Waals surface area contributed by atoms with Gasteiger partial charge in [0.1, 0.15) is 0 Å². The number of carbonyl (C=O) groups excluding carboxylic acids is 1. The maximum atomic E-state index is 12.9. The highest BCUT2D eigenvalue weighted by molar-refractivity contribution is 7.14. The lowest BCUT2D eigenvalue weighted by Crippen LogP contribution is -2.29. The number of aryl methyl sites for hydroxylation is 3. The molecule has 110 valence electrons. The Morgan fingerprint density at radius 2 is 2.29 bits per heavy atom. The van der Waals surface area contributed by atoms with Crippen LogP contribution in [0.1, 0.15) is 51.0 Å². The van der Waals surface area contributed by atoms with Gasteiger partial charge in [-0.05, 0) is 43.7 Å². The maximum Gasteiger partial charge on any atom is 0.264 e. The van der Waals surface area contributed by atoms with E-state index < -0.39 is 0 Å². The number of fused-ring (bicyclic) bond motifs is 1. The third-order valence-corrected chi connectivity index (χ3v) is 5.81. The number of nitrogens with zero attached hydrogens (tertiary/aromatic N) is 3. The quantitative estimate of drug-likeness (QED) is 0.855. The summed E-state index contributed by atoms with van der Waals surface area (Å²) in [6.45, 7) is 0.862. The van der Waals surface area contributed by atoms with Gasteiger partial charge in [-0.1, -0.05) is 0 Å². The third kappa shape index (κ3) is 2.20. The summed E-state index contributed by atoms with van der Waals surface area (Å²) >= 11 is 1.71. The van der Waals surface area contributed by atoms with Gasteiger partial charge in [-0.25, -0.2) is 0 Å². The van der Waals surface area contributed by atoms with Crippen LogP contribution in [0.25, 0.3) is 0 Å². The number of thiophene rings is 1. The molecule has 4 nitrogen and oxygen atoms in total. The molecular formula is C16H19N3OS. The fraction of sp³-hybridized carbons (Fsp3) is 0.500. The van der Waals surface area contributed by atoms with Crippen molar-refractivity contribution in [2.45, 2.75) is 38.1 Å². The van der Waals surface area contributed by atoms with Gasteiger partial charge < -0.3 is 4.90 Å². The Kier molecular flexibility index (Phi) is 3.10. The van der Waals surface area contributed by atoms with E-state index in [4.69, 9.17) is 0 Å². The van der Waals surface area contributed by atoms with E-state index in [9.17, 15) is 4.79 Å². The molecule has 0 spiro atoms. The number of amides is 1. The van der Waals surface area contributed by atoms with Gasteiger partial charge in [-0.2, -0.15) is 5.10 Å². The number of hydrogen-bond acceptors (Lipinski definition) is 3. The van der Waals surface area contributed by atoms with E-state index in [0.717, 1.165) is 42.7 Å². The Labute approximate surface area is 128 Å². The van der Waals surface area contributed by atoms with Gasteiger partial charge in [0, 0.05) is 30.2 Å². The summed E-state index contributed by atoms with van der Waals surface area (Å²) < 4.78 is 1.82. The lowest BCUT2D eigenvalue weighted by molar-refractivity contribution is 0.0740. The Balaban J connectivity index is 1.60. The van der Waals surface area contributed by atoms with E-state index in [-0.39, 0.29) is 11.9 Å². The minimum absolute atomic E-state index is 0.197. The van der Waals surface area contributed by atoms with Gasteiger partial charge in [0.15, 0.2) is 0 Å². The molecule has 4 rings (SSSR count). The van der Waals surface area contributed by atoms with Crippen LogP contribution in [-0.2, 0) is 19.9 Å². The van der Waals surface area contributed by atoms with Crippen LogP contribution in [0.2, 0.25) is 0 Å². The molecule has 0 unspecified atom stereocenters. The predicted octanol–water partition coefficient (Wildman–Crippen LogP) is 2.95. The van der Waals surface area contributed by atoms with E-state index in [0.29, 0.717) is 0 Å². The van der Waals surface area contributed by atoms with Gasteiger partial charge in [0.25, 0.3) is 5.91 Å². The molecule has 3 heterocycles. The predicted molar refractivity (Wildman–Crippen MR) is 82.6 cm³/mol. The number of carbonyl (C=O) groups is 1. The van der Waals surface area contributed by atoms with Crippen molar-refractivity contribution in [2.75, 3.05) is 6.54 Å². The first-order chi connectivity index (χ1) is 10.2. The summed E-state index contributed by atoms with van der Waals surface area (Å²) in [7, 11) is 1.93. The summed E-state index contributed by atoms with van der Waals surface area (Å²) in [5.41, 5.74) is 2.56. The normalized spacial score (nSPS) is 21.0. The lowest BCUT2D eigenvalue weighted by Gasteiger charge is -2.23. The van der Waals surface area contributed by atoms with Crippen molar-refractivity contribution < 1.29 is 4.79 Å². The molecule has 1 atom stereocenters. The molecule has 2 aliphatic rings. The van der Waals surface area contributed by atoms with E-state index in [1.54, 1.807) is 11.3 Å². The zero-order valence-corrected chi connectivity index (χ0v) is 13.0. The van der Waals surface area contributed by atoms with Crippen molar-refractivity contribution in [1.82, 2.24) is 14.7 Å². The highest BCUT2D eigenvalue weighted by Crippen LogP contribution is 2.36. The Hall–Kier alpha value is -1.62. The van der Waals surface area contributed by atoms with Crippen LogP contribution in [0.5, 0.6) is 0 Å². The first kappa shape index (κ1) is 13.1. The zero-order chi connectivity index (χ0) is 14.4. The second kappa shape index (κ2) is 4.98. The average molecular weight is 301 g/mol. The molecule has 0 N–H and O–H groups in total. The van der Waals surface area contributed by atoms with Crippen molar-refractivity contribution >= 4 is 17.2 Å². The molecule has 1 saturated heterocycles. The van der Waals surface area contributed by atoms with Crippen molar-refractivity contribution in [3.05, 3.63) is 39.3 Å². The van der Waals surface area contributed by atoms with Gasteiger partial charge in [-0.3, -0.25) is 9.48 Å². The van der Waals surface area contributed by atoms with Gasteiger partial charge in [-0.15, -0.1) is 11.3 Å². The maximum absolute atomic E-state index is 12.9. The molecule has 2 aromatic rings. The second-order valence-corrected chi connectivity index (χ2v) is 7.15. The van der Waals surface area contributed by atoms with Crippen LogP contribution in [0.3, 0.4) is 0 Å². The fourth-order valence-corrected chi connectivity index (χ4v) is 4.75. The zero-order valence-electron chi connectivity index (χ0n) is 12.2. The highest BCUT2D eigenvalue weighted by atomic mass is 32.1. The minimum Gasteiger partial charge on any atom is -0.331 e. The van der Waals surface area contributed by atoms with Crippen LogP contribution < -0.4 is 0 Å². The first-order valence-electron chi connectivity index (χ1n) is 7.63. The van der Waals surface area contributed by atoms with Crippen molar-refractivity contribution in [3.8, 4) is 0 Å². The number of hydrogen-bond donors (Lipinski definition) is 0.